The van der Waals surface area contributed by atoms with Gasteiger partial charge in [0.1, 0.15) is 47.4 Å². The molecule has 2 aromatic carbocycles. The zero-order valence-corrected chi connectivity index (χ0v) is 32.2. The minimum absolute atomic E-state index is 0.414. The molecule has 2 fully saturated rings. The van der Waals surface area contributed by atoms with Gasteiger partial charge in [-0.05, 0) is 60.7 Å². The summed E-state index contributed by atoms with van der Waals surface area (Å²) in [6, 6.07) is 19.6. The molecule has 16 heteroatoms. The van der Waals surface area contributed by atoms with Crippen LogP contribution in [0.15, 0.2) is 85.5 Å². The predicted octanol–water partition coefficient (Wildman–Crippen LogP) is 6.35. The molecular formula is C40H42Cl2N10O4. The Kier molecular flexibility index (Phi) is 11.9. The Hall–Kier alpha value is -5.22. The molecule has 2 aliphatic heterocycles. The quantitative estimate of drug-likeness (QED) is 0.134. The van der Waals surface area contributed by atoms with E-state index in [4.69, 9.17) is 47.9 Å². The number of nitrogens with zero attached hydrogens (tertiary/aromatic N) is 7. The van der Waals surface area contributed by atoms with Crippen molar-refractivity contribution in [3.8, 4) is 40.0 Å². The topological polar surface area (TPSA) is 157 Å². The van der Waals surface area contributed by atoms with E-state index in [2.05, 4.69) is 39.7 Å². The molecule has 7 aromatic rings. The smallest absolute Gasteiger partial charge is 0.180 e. The van der Waals surface area contributed by atoms with Crippen LogP contribution in [0.5, 0.6) is 11.5 Å². The van der Waals surface area contributed by atoms with Crippen molar-refractivity contribution < 1.29 is 18.9 Å². The lowest BCUT2D eigenvalue weighted by atomic mass is 10.2. The summed E-state index contributed by atoms with van der Waals surface area (Å²) in [5, 5.41) is 0.981. The predicted molar refractivity (Wildman–Crippen MR) is 218 cm³/mol. The number of hydrogen-bond donors (Lipinski definition) is 3. The van der Waals surface area contributed by atoms with Crippen LogP contribution in [0.4, 0.5) is 5.69 Å². The second-order valence-electron chi connectivity index (χ2n) is 13.3. The molecule has 0 bridgehead atoms. The van der Waals surface area contributed by atoms with E-state index in [1.54, 1.807) is 6.20 Å². The average molecular weight is 798 g/mol. The van der Waals surface area contributed by atoms with E-state index in [1.165, 1.54) is 6.20 Å². The number of nitrogens with two attached hydrogens (primary N) is 1. The average Bonchev–Trinajstić information content (AvgIpc) is 4.02. The maximum atomic E-state index is 6.42. The molecule has 0 radical (unpaired) electrons. The van der Waals surface area contributed by atoms with Gasteiger partial charge in [-0.2, -0.15) is 0 Å². The van der Waals surface area contributed by atoms with Gasteiger partial charge >= 0.3 is 0 Å². The highest BCUT2D eigenvalue weighted by atomic mass is 35.5. The fourth-order valence-corrected chi connectivity index (χ4v) is 6.92. The highest BCUT2D eigenvalue weighted by Crippen LogP contribution is 2.31. The Morgan fingerprint density at radius 2 is 1.11 bits per heavy atom. The van der Waals surface area contributed by atoms with Gasteiger partial charge < -0.3 is 39.2 Å². The van der Waals surface area contributed by atoms with Crippen LogP contribution >= 0.6 is 23.2 Å². The van der Waals surface area contributed by atoms with E-state index < -0.39 is 0 Å². The van der Waals surface area contributed by atoms with Crippen LogP contribution in [0, 0.1) is 0 Å². The van der Waals surface area contributed by atoms with Crippen LogP contribution in [0.2, 0.25) is 10.0 Å². The Morgan fingerprint density at radius 1 is 0.643 bits per heavy atom. The third kappa shape index (κ3) is 8.91. The van der Waals surface area contributed by atoms with Crippen molar-refractivity contribution in [1.82, 2.24) is 44.3 Å². The van der Waals surface area contributed by atoms with Gasteiger partial charge in [0.2, 0.25) is 0 Å². The summed E-state index contributed by atoms with van der Waals surface area (Å²) in [6.45, 7) is 10.2. The number of hydrogen-bond acceptors (Lipinski definition) is 11. The molecule has 9 rings (SSSR count). The van der Waals surface area contributed by atoms with Crippen molar-refractivity contribution in [2.75, 3.05) is 84.6 Å². The van der Waals surface area contributed by atoms with Crippen LogP contribution in [0.1, 0.15) is 0 Å². The van der Waals surface area contributed by atoms with E-state index in [-0.39, 0.29) is 0 Å². The number of fused-ring (bicyclic) bond motifs is 2. The minimum atomic E-state index is 0.414. The highest BCUT2D eigenvalue weighted by molar-refractivity contribution is 6.34. The number of benzene rings is 2. The molecule has 2 saturated heterocycles. The summed E-state index contributed by atoms with van der Waals surface area (Å²) < 4.78 is 24.4. The first-order chi connectivity index (χ1) is 27.5. The molecule has 0 unspecified atom stereocenters. The molecule has 5 aromatic heterocycles. The minimum Gasteiger partial charge on any atom is -0.492 e. The molecule has 56 heavy (non-hydrogen) atoms. The maximum Gasteiger partial charge on any atom is 0.180 e. The summed E-state index contributed by atoms with van der Waals surface area (Å²) in [6.07, 6.45) is 7.04. The van der Waals surface area contributed by atoms with Crippen molar-refractivity contribution in [2.45, 2.75) is 0 Å². The molecule has 4 N–H and O–H groups in total. The molecule has 0 amide bonds. The fraction of sp³-hybridized carbons (Fsp3) is 0.300. The van der Waals surface area contributed by atoms with Crippen molar-refractivity contribution in [3.63, 3.8) is 0 Å². The zero-order chi connectivity index (χ0) is 38.3. The van der Waals surface area contributed by atoms with Gasteiger partial charge in [0.15, 0.2) is 11.3 Å². The number of anilines is 1. The second kappa shape index (κ2) is 17.7. The Bertz CT molecular complexity index is 2340. The molecule has 7 heterocycles. The van der Waals surface area contributed by atoms with E-state index in [0.29, 0.717) is 51.6 Å². The molecule has 0 saturated carbocycles. The lowest BCUT2D eigenvalue weighted by molar-refractivity contribution is 0.0321. The van der Waals surface area contributed by atoms with E-state index in [0.717, 1.165) is 105 Å². The molecule has 2 aliphatic rings. The van der Waals surface area contributed by atoms with Crippen molar-refractivity contribution in [2.24, 2.45) is 0 Å². The number of nitrogen functional groups attached to an aromatic ring is 1. The van der Waals surface area contributed by atoms with E-state index >= 15 is 0 Å². The number of aromatic nitrogens is 7. The van der Waals surface area contributed by atoms with Crippen molar-refractivity contribution in [3.05, 3.63) is 95.5 Å². The molecule has 290 valence electrons. The van der Waals surface area contributed by atoms with Crippen LogP contribution in [-0.2, 0) is 9.47 Å². The van der Waals surface area contributed by atoms with Gasteiger partial charge in [0.25, 0.3) is 0 Å². The van der Waals surface area contributed by atoms with Gasteiger partial charge in [-0.3, -0.25) is 9.80 Å². The van der Waals surface area contributed by atoms with Gasteiger partial charge in [0, 0.05) is 62.8 Å². The summed E-state index contributed by atoms with van der Waals surface area (Å²) >= 11 is 12.4. The van der Waals surface area contributed by atoms with Crippen LogP contribution in [0.3, 0.4) is 0 Å². The highest BCUT2D eigenvalue weighted by Gasteiger charge is 2.16. The van der Waals surface area contributed by atoms with Crippen molar-refractivity contribution in [1.29, 1.82) is 0 Å². The number of morpholine rings is 2. The first-order valence-corrected chi connectivity index (χ1v) is 19.3. The fourth-order valence-electron chi connectivity index (χ4n) is 6.54. The van der Waals surface area contributed by atoms with Gasteiger partial charge in [-0.1, -0.05) is 23.2 Å². The summed E-state index contributed by atoms with van der Waals surface area (Å²) in [5.41, 5.74) is 11.8. The standard InChI is InChI=1S/C22H22ClN5O2.C18H20ClN5O2/c23-18-15-24-22-19(20(18)28-7-1-2-8-28)25-21(26-22)16-3-5-17(6-4-16)30-14-11-27-9-12-29-13-10-27;19-14-11-21-18-16(15(14)20)22-17(23-18)12-1-3-13(4-2-12)26-10-7-24-5-8-25-9-6-24/h1-8,15H,9-14H2,(H,24,25,26);1-4,11H,5-10H2,(H3,20,21,22,23). The van der Waals surface area contributed by atoms with Gasteiger partial charge in [0.05, 0.1) is 60.2 Å². The lowest BCUT2D eigenvalue weighted by Crippen LogP contribution is -2.38. The zero-order valence-electron chi connectivity index (χ0n) is 30.7. The number of H-pyrrole nitrogens is 2. The van der Waals surface area contributed by atoms with Crippen LogP contribution < -0.4 is 15.2 Å². The first-order valence-electron chi connectivity index (χ1n) is 18.5. The lowest BCUT2D eigenvalue weighted by Gasteiger charge is -2.26. The first kappa shape index (κ1) is 37.7. The molecule has 0 spiro atoms. The van der Waals surface area contributed by atoms with Gasteiger partial charge in [-0.15, -0.1) is 0 Å². The number of ether oxygens (including phenoxy) is 4. The van der Waals surface area contributed by atoms with Crippen molar-refractivity contribution >= 4 is 51.2 Å². The van der Waals surface area contributed by atoms with Crippen LogP contribution in [0.25, 0.3) is 50.8 Å². The number of pyridine rings is 2. The monoisotopic (exact) mass is 796 g/mol. The summed E-state index contributed by atoms with van der Waals surface area (Å²) in [5.74, 6) is 3.12. The molecule has 0 aliphatic carbocycles. The number of aromatic amines is 2. The SMILES string of the molecule is Clc1cnc2nc(-c3ccc(OCCN4CCOCC4)cc3)[nH]c2c1-n1cccc1.Nc1c(Cl)cnc2nc(-c3ccc(OCCN4CCOCC4)cc3)[nH]c12. The Balaban J connectivity index is 0.000000159. The third-order valence-electron chi connectivity index (χ3n) is 9.64. The second-order valence-corrected chi connectivity index (χ2v) is 14.1. The summed E-state index contributed by atoms with van der Waals surface area (Å²) in [7, 11) is 0. The number of halogens is 2. The van der Waals surface area contributed by atoms with Crippen LogP contribution in [-0.4, -0.2) is 123 Å². The molecular weight excluding hydrogens is 755 g/mol. The molecule has 14 nitrogen and oxygen atoms in total. The largest absolute Gasteiger partial charge is 0.492 e. The Labute approximate surface area is 333 Å². The summed E-state index contributed by atoms with van der Waals surface area (Å²) in [4.78, 5) is 29.0. The van der Waals surface area contributed by atoms with E-state index in [9.17, 15) is 0 Å². The maximum absolute atomic E-state index is 6.42. The van der Waals surface area contributed by atoms with E-state index in [1.807, 2.05) is 77.6 Å². The number of nitrogens with one attached hydrogen (secondary N) is 2. The van der Waals surface area contributed by atoms with Gasteiger partial charge in [-0.25, -0.2) is 19.9 Å². The number of rotatable bonds is 11. The normalized spacial score (nSPS) is 15.2. The third-order valence-corrected chi connectivity index (χ3v) is 10.2. The Morgan fingerprint density at radius 3 is 1.62 bits per heavy atom. The molecule has 0 atom stereocenters. The number of imidazole rings is 2.